The van der Waals surface area contributed by atoms with Crippen LogP contribution in [0.1, 0.15) is 17.8 Å². The van der Waals surface area contributed by atoms with Gasteiger partial charge in [0.05, 0.1) is 24.1 Å². The molecule has 0 saturated carbocycles. The van der Waals surface area contributed by atoms with Crippen LogP contribution in [0.2, 0.25) is 0 Å². The summed E-state index contributed by atoms with van der Waals surface area (Å²) in [4.78, 5) is 16.2. The van der Waals surface area contributed by atoms with E-state index in [4.69, 9.17) is 4.74 Å². The third kappa shape index (κ3) is 6.19. The van der Waals surface area contributed by atoms with E-state index in [9.17, 15) is 4.79 Å². The van der Waals surface area contributed by atoms with Gasteiger partial charge < -0.3 is 15.4 Å². The molecule has 0 radical (unpaired) electrons. The van der Waals surface area contributed by atoms with Crippen LogP contribution >= 0.6 is 24.8 Å². The largest absolute Gasteiger partial charge is 0.456 e. The maximum absolute atomic E-state index is 12.2. The predicted octanol–water partition coefficient (Wildman–Crippen LogP) is 3.59. The Hall–Kier alpha value is -2.61. The van der Waals surface area contributed by atoms with Crippen LogP contribution in [-0.4, -0.2) is 27.2 Å². The number of amides is 1. The van der Waals surface area contributed by atoms with Gasteiger partial charge >= 0.3 is 0 Å². The van der Waals surface area contributed by atoms with Gasteiger partial charge in [-0.2, -0.15) is 5.10 Å². The fourth-order valence-electron chi connectivity index (χ4n) is 2.99. The average molecular weight is 436 g/mol. The van der Waals surface area contributed by atoms with E-state index in [1.807, 2.05) is 41.1 Å². The molecular weight excluding hydrogens is 413 g/mol. The summed E-state index contributed by atoms with van der Waals surface area (Å²) in [5.74, 6) is 1.34. The first-order chi connectivity index (χ1) is 13.3. The average Bonchev–Trinajstić information content (AvgIpc) is 3.12. The zero-order chi connectivity index (χ0) is 18.5. The van der Waals surface area contributed by atoms with Gasteiger partial charge in [-0.1, -0.05) is 0 Å². The number of aryl methyl sites for hydroxylation is 1. The molecule has 0 atom stereocenters. The molecule has 3 aromatic rings. The molecule has 4 rings (SSSR count). The van der Waals surface area contributed by atoms with E-state index in [1.165, 1.54) is 5.69 Å². The summed E-state index contributed by atoms with van der Waals surface area (Å²) in [5.41, 5.74) is 2.89. The molecule has 0 spiro atoms. The summed E-state index contributed by atoms with van der Waals surface area (Å²) in [6.45, 7) is 2.66. The van der Waals surface area contributed by atoms with Crippen molar-refractivity contribution < 1.29 is 9.53 Å². The number of pyridine rings is 1. The minimum absolute atomic E-state index is 0. The maximum Gasteiger partial charge on any atom is 0.224 e. The second kappa shape index (κ2) is 10.8. The number of hydrogen-bond donors (Lipinski definition) is 2. The van der Waals surface area contributed by atoms with Crippen molar-refractivity contribution >= 4 is 36.4 Å². The second-order valence-corrected chi connectivity index (χ2v) is 6.39. The van der Waals surface area contributed by atoms with Crippen molar-refractivity contribution in [2.75, 3.05) is 11.9 Å². The Morgan fingerprint density at radius 3 is 2.72 bits per heavy atom. The molecule has 2 N–H and O–H groups in total. The van der Waals surface area contributed by atoms with Crippen LogP contribution in [0.3, 0.4) is 0 Å². The summed E-state index contributed by atoms with van der Waals surface area (Å²) < 4.78 is 7.71. The van der Waals surface area contributed by atoms with Crippen molar-refractivity contribution in [3.63, 3.8) is 0 Å². The number of benzene rings is 1. The van der Waals surface area contributed by atoms with Gasteiger partial charge in [-0.15, -0.1) is 24.8 Å². The molecule has 29 heavy (non-hydrogen) atoms. The fourth-order valence-corrected chi connectivity index (χ4v) is 2.99. The van der Waals surface area contributed by atoms with Crippen LogP contribution in [-0.2, 0) is 24.3 Å². The Labute approximate surface area is 181 Å². The van der Waals surface area contributed by atoms with Gasteiger partial charge in [-0.05, 0) is 42.5 Å². The molecular formula is C20H23Cl2N5O2. The SMILES string of the molecule is Cl.Cl.O=C(CCc1cc2n(n1)CCNC2)Nc1ccc(Oc2cccnc2)cc1. The molecule has 1 aliphatic rings. The lowest BCUT2D eigenvalue weighted by molar-refractivity contribution is -0.116. The zero-order valence-corrected chi connectivity index (χ0v) is 17.3. The Morgan fingerprint density at radius 2 is 2.00 bits per heavy atom. The second-order valence-electron chi connectivity index (χ2n) is 6.39. The summed E-state index contributed by atoms with van der Waals surface area (Å²) in [6.07, 6.45) is 4.38. The monoisotopic (exact) mass is 435 g/mol. The molecule has 9 heteroatoms. The molecule has 0 fully saturated rings. The summed E-state index contributed by atoms with van der Waals surface area (Å²) in [7, 11) is 0. The normalized spacial score (nSPS) is 12.1. The number of halogens is 2. The van der Waals surface area contributed by atoms with E-state index in [2.05, 4.69) is 26.8 Å². The van der Waals surface area contributed by atoms with E-state index in [0.717, 1.165) is 31.0 Å². The number of carbonyl (C=O) groups excluding carboxylic acids is 1. The number of hydrogen-bond acceptors (Lipinski definition) is 5. The highest BCUT2D eigenvalue weighted by Crippen LogP contribution is 2.22. The summed E-state index contributed by atoms with van der Waals surface area (Å²) in [6, 6.07) is 13.0. The third-order valence-electron chi connectivity index (χ3n) is 4.34. The fraction of sp³-hybridized carbons (Fsp3) is 0.250. The van der Waals surface area contributed by atoms with Crippen molar-refractivity contribution in [3.05, 3.63) is 66.2 Å². The molecule has 2 aromatic heterocycles. The molecule has 3 heterocycles. The van der Waals surface area contributed by atoms with Crippen molar-refractivity contribution in [2.24, 2.45) is 0 Å². The van der Waals surface area contributed by atoms with Crippen LogP contribution in [0.25, 0.3) is 0 Å². The van der Waals surface area contributed by atoms with Crippen LogP contribution in [0.4, 0.5) is 5.69 Å². The Balaban J connectivity index is 0.00000150. The topological polar surface area (TPSA) is 81.1 Å². The lowest BCUT2D eigenvalue weighted by atomic mass is 10.2. The van der Waals surface area contributed by atoms with Crippen LogP contribution in [0.15, 0.2) is 54.9 Å². The smallest absolute Gasteiger partial charge is 0.224 e. The van der Waals surface area contributed by atoms with E-state index in [0.29, 0.717) is 24.3 Å². The van der Waals surface area contributed by atoms with E-state index < -0.39 is 0 Å². The first-order valence-electron chi connectivity index (χ1n) is 9.00. The maximum atomic E-state index is 12.2. The van der Waals surface area contributed by atoms with Crippen molar-refractivity contribution in [3.8, 4) is 11.5 Å². The lowest BCUT2D eigenvalue weighted by Gasteiger charge is -2.13. The van der Waals surface area contributed by atoms with Gasteiger partial charge in [0.2, 0.25) is 5.91 Å². The lowest BCUT2D eigenvalue weighted by Crippen LogP contribution is -2.28. The Kier molecular flexibility index (Phi) is 8.45. The predicted molar refractivity (Wildman–Crippen MR) is 116 cm³/mol. The highest BCUT2D eigenvalue weighted by atomic mass is 35.5. The summed E-state index contributed by atoms with van der Waals surface area (Å²) >= 11 is 0. The highest BCUT2D eigenvalue weighted by Gasteiger charge is 2.12. The molecule has 0 unspecified atom stereocenters. The van der Waals surface area contributed by atoms with Gasteiger partial charge in [0.25, 0.3) is 0 Å². The number of ether oxygens (including phenoxy) is 1. The van der Waals surface area contributed by atoms with Crippen LogP contribution < -0.4 is 15.4 Å². The zero-order valence-electron chi connectivity index (χ0n) is 15.7. The number of nitrogens with zero attached hydrogens (tertiary/aromatic N) is 3. The first kappa shape index (κ1) is 22.7. The van der Waals surface area contributed by atoms with E-state index in [-0.39, 0.29) is 30.7 Å². The van der Waals surface area contributed by atoms with Crippen LogP contribution in [0, 0.1) is 0 Å². The van der Waals surface area contributed by atoms with E-state index >= 15 is 0 Å². The van der Waals surface area contributed by atoms with Crippen molar-refractivity contribution in [2.45, 2.75) is 25.9 Å². The number of rotatable bonds is 6. The third-order valence-corrected chi connectivity index (χ3v) is 4.34. The molecule has 0 saturated heterocycles. The molecule has 0 bridgehead atoms. The summed E-state index contributed by atoms with van der Waals surface area (Å²) in [5, 5.41) is 10.8. The number of anilines is 1. The molecule has 0 aliphatic carbocycles. The van der Waals surface area contributed by atoms with Crippen LogP contribution in [0.5, 0.6) is 11.5 Å². The quantitative estimate of drug-likeness (QED) is 0.618. The highest BCUT2D eigenvalue weighted by molar-refractivity contribution is 5.90. The number of aromatic nitrogens is 3. The Morgan fingerprint density at radius 1 is 1.17 bits per heavy atom. The minimum atomic E-state index is -0.0278. The van der Waals surface area contributed by atoms with Gasteiger partial charge in [0.1, 0.15) is 11.5 Å². The van der Waals surface area contributed by atoms with Crippen molar-refractivity contribution in [1.29, 1.82) is 0 Å². The van der Waals surface area contributed by atoms with Crippen molar-refractivity contribution in [1.82, 2.24) is 20.1 Å². The van der Waals surface area contributed by atoms with Gasteiger partial charge in [-0.3, -0.25) is 14.5 Å². The molecule has 154 valence electrons. The molecule has 7 nitrogen and oxygen atoms in total. The Bertz CT molecular complexity index is 893. The minimum Gasteiger partial charge on any atom is -0.456 e. The molecule has 1 aromatic carbocycles. The first-order valence-corrected chi connectivity index (χ1v) is 9.00. The molecule has 1 aliphatic heterocycles. The number of fused-ring (bicyclic) bond motifs is 1. The standard InChI is InChI=1S/C20H21N5O2.2ClH/c26-20(8-5-16-12-17-13-22-10-11-25(17)24-16)23-15-3-6-18(7-4-15)27-19-2-1-9-21-14-19;;/h1-4,6-7,9,12,14,22H,5,8,10-11,13H2,(H,23,26);2*1H. The number of carbonyl (C=O) groups is 1. The van der Waals surface area contributed by atoms with E-state index in [1.54, 1.807) is 12.4 Å². The number of nitrogens with one attached hydrogen (secondary N) is 2. The van der Waals surface area contributed by atoms with Gasteiger partial charge in [0, 0.05) is 37.8 Å². The molecule has 1 amide bonds. The van der Waals surface area contributed by atoms with Gasteiger partial charge in [-0.25, -0.2) is 0 Å². The van der Waals surface area contributed by atoms with Gasteiger partial charge in [0.15, 0.2) is 0 Å².